The van der Waals surface area contributed by atoms with Crippen LogP contribution >= 0.6 is 35.0 Å². The first-order chi connectivity index (χ1) is 12.2. The largest absolute Gasteiger partial charge is 0.486 e. The van der Waals surface area contributed by atoms with Gasteiger partial charge in [-0.15, -0.1) is 5.10 Å². The van der Waals surface area contributed by atoms with Gasteiger partial charge >= 0.3 is 0 Å². The second-order valence-corrected chi connectivity index (χ2v) is 7.03. The van der Waals surface area contributed by atoms with Crippen LogP contribution in [0.15, 0.2) is 41.6 Å². The summed E-state index contributed by atoms with van der Waals surface area (Å²) in [4.78, 5) is 0. The van der Waals surface area contributed by atoms with Crippen molar-refractivity contribution in [3.05, 3.63) is 52.0 Å². The highest BCUT2D eigenvalue weighted by molar-refractivity contribution is 7.98. The number of ether oxygens (including phenoxy) is 2. The second-order valence-electron chi connectivity index (χ2n) is 5.24. The number of hydrogen-bond acceptors (Lipinski definition) is 6. The summed E-state index contributed by atoms with van der Waals surface area (Å²) in [7, 11) is 0. The molecule has 0 amide bonds. The Kier molecular flexibility index (Phi) is 4.70. The Morgan fingerprint density at radius 2 is 2.00 bits per heavy atom. The van der Waals surface area contributed by atoms with Crippen LogP contribution in [-0.4, -0.2) is 33.4 Å². The molecule has 1 aliphatic heterocycles. The lowest BCUT2D eigenvalue weighted by molar-refractivity contribution is 0.171. The molecule has 0 atom stereocenters. The molecular weight excluding hydrogens is 383 g/mol. The van der Waals surface area contributed by atoms with Crippen LogP contribution in [0.4, 0.5) is 0 Å². The average Bonchev–Trinajstić information content (AvgIpc) is 3.09. The molecule has 0 unspecified atom stereocenters. The fourth-order valence-electron chi connectivity index (χ4n) is 2.43. The van der Waals surface area contributed by atoms with Gasteiger partial charge in [-0.25, -0.2) is 0 Å². The van der Waals surface area contributed by atoms with E-state index in [0.717, 1.165) is 11.3 Å². The summed E-state index contributed by atoms with van der Waals surface area (Å²) in [6.07, 6.45) is 0. The van der Waals surface area contributed by atoms with E-state index in [1.165, 1.54) is 11.8 Å². The van der Waals surface area contributed by atoms with Gasteiger partial charge in [-0.1, -0.05) is 41.0 Å². The Labute approximate surface area is 158 Å². The van der Waals surface area contributed by atoms with Crippen molar-refractivity contribution >= 4 is 35.0 Å². The van der Waals surface area contributed by atoms with Crippen molar-refractivity contribution in [1.82, 2.24) is 20.2 Å². The zero-order valence-electron chi connectivity index (χ0n) is 12.9. The lowest BCUT2D eigenvalue weighted by Gasteiger charge is -2.20. The van der Waals surface area contributed by atoms with Crippen LogP contribution < -0.4 is 9.47 Å². The van der Waals surface area contributed by atoms with Gasteiger partial charge < -0.3 is 9.47 Å². The van der Waals surface area contributed by atoms with Crippen LogP contribution in [-0.2, 0) is 5.75 Å². The molecule has 0 radical (unpaired) electrons. The van der Waals surface area contributed by atoms with Crippen LogP contribution in [0.5, 0.6) is 11.5 Å². The number of benzene rings is 2. The minimum atomic E-state index is 0.509. The zero-order valence-corrected chi connectivity index (χ0v) is 15.2. The number of aromatic nitrogens is 4. The highest BCUT2D eigenvalue weighted by atomic mass is 35.5. The molecule has 1 aromatic heterocycles. The summed E-state index contributed by atoms with van der Waals surface area (Å²) in [6.45, 7) is 1.03. The number of nitrogens with zero attached hydrogens (tertiary/aromatic N) is 4. The second kappa shape index (κ2) is 7.11. The summed E-state index contributed by atoms with van der Waals surface area (Å²) in [5, 5.41) is 13.7. The van der Waals surface area contributed by atoms with E-state index < -0.39 is 0 Å². The molecule has 9 heteroatoms. The SMILES string of the molecule is Clc1cccc(-n2nnnc2SCc2cc(Cl)c3c(c2)OCCO3)c1. The molecule has 3 aromatic rings. The van der Waals surface area contributed by atoms with Crippen molar-refractivity contribution in [3.8, 4) is 17.2 Å². The number of hydrogen-bond donors (Lipinski definition) is 0. The standard InChI is InChI=1S/C16H12Cl2N4O2S/c17-11-2-1-3-12(8-11)22-16(19-20-21-22)25-9-10-6-13(18)15-14(7-10)23-4-5-24-15/h1-3,6-8H,4-5,9H2. The molecule has 128 valence electrons. The number of tetrazole rings is 1. The normalized spacial score (nSPS) is 13.0. The van der Waals surface area contributed by atoms with Crippen molar-refractivity contribution in [1.29, 1.82) is 0 Å². The molecule has 2 aromatic carbocycles. The Hall–Kier alpha value is -1.96. The molecule has 0 spiro atoms. The average molecular weight is 395 g/mol. The van der Waals surface area contributed by atoms with Crippen LogP contribution in [0.2, 0.25) is 10.0 Å². The Balaban J connectivity index is 1.55. The van der Waals surface area contributed by atoms with E-state index in [1.807, 2.05) is 30.3 Å². The predicted octanol–water partition coefficient (Wildman–Crippen LogP) is 4.03. The molecule has 0 saturated carbocycles. The van der Waals surface area contributed by atoms with E-state index in [0.29, 0.717) is 45.7 Å². The highest BCUT2D eigenvalue weighted by Crippen LogP contribution is 2.39. The Morgan fingerprint density at radius 3 is 2.88 bits per heavy atom. The monoisotopic (exact) mass is 394 g/mol. The summed E-state index contributed by atoms with van der Waals surface area (Å²) in [5.41, 5.74) is 1.81. The van der Waals surface area contributed by atoms with Gasteiger partial charge in [0.25, 0.3) is 0 Å². The first-order valence-corrected chi connectivity index (χ1v) is 9.20. The molecule has 0 N–H and O–H groups in total. The molecule has 0 saturated heterocycles. The minimum Gasteiger partial charge on any atom is -0.486 e. The van der Waals surface area contributed by atoms with E-state index in [4.69, 9.17) is 32.7 Å². The summed E-state index contributed by atoms with van der Waals surface area (Å²) in [5.74, 6) is 1.91. The third kappa shape index (κ3) is 3.53. The number of thioether (sulfide) groups is 1. The molecule has 0 aliphatic carbocycles. The van der Waals surface area contributed by atoms with Crippen LogP contribution in [0.25, 0.3) is 5.69 Å². The van der Waals surface area contributed by atoms with Crippen molar-refractivity contribution in [2.45, 2.75) is 10.9 Å². The van der Waals surface area contributed by atoms with E-state index in [1.54, 1.807) is 10.7 Å². The van der Waals surface area contributed by atoms with Gasteiger partial charge in [-0.2, -0.15) is 4.68 Å². The summed E-state index contributed by atoms with van der Waals surface area (Å²) >= 11 is 13.8. The first-order valence-electron chi connectivity index (χ1n) is 7.46. The predicted molar refractivity (Wildman–Crippen MR) is 96.2 cm³/mol. The number of rotatable bonds is 4. The molecule has 2 heterocycles. The van der Waals surface area contributed by atoms with Gasteiger partial charge in [0.2, 0.25) is 5.16 Å². The third-order valence-corrected chi connectivity index (χ3v) is 5.02. The van der Waals surface area contributed by atoms with Crippen molar-refractivity contribution in [2.75, 3.05) is 13.2 Å². The molecule has 25 heavy (non-hydrogen) atoms. The Bertz CT molecular complexity index is 919. The number of fused-ring (bicyclic) bond motifs is 1. The number of halogens is 2. The maximum Gasteiger partial charge on any atom is 0.214 e. The molecule has 1 aliphatic rings. The van der Waals surface area contributed by atoms with Crippen molar-refractivity contribution in [3.63, 3.8) is 0 Å². The van der Waals surface area contributed by atoms with Crippen LogP contribution in [0.1, 0.15) is 5.56 Å². The van der Waals surface area contributed by atoms with E-state index in [-0.39, 0.29) is 0 Å². The molecular formula is C16H12Cl2N4O2S. The maximum atomic E-state index is 6.28. The zero-order chi connectivity index (χ0) is 17.2. The van der Waals surface area contributed by atoms with Crippen LogP contribution in [0, 0.1) is 0 Å². The molecule has 0 fully saturated rings. The third-order valence-electron chi connectivity index (χ3n) is 3.52. The van der Waals surface area contributed by atoms with Gasteiger partial charge in [-0.05, 0) is 46.3 Å². The highest BCUT2D eigenvalue weighted by Gasteiger charge is 2.17. The maximum absolute atomic E-state index is 6.28. The van der Waals surface area contributed by atoms with Crippen molar-refractivity contribution in [2.24, 2.45) is 0 Å². The summed E-state index contributed by atoms with van der Waals surface area (Å²) < 4.78 is 12.8. The topological polar surface area (TPSA) is 62.1 Å². The molecule has 6 nitrogen and oxygen atoms in total. The van der Waals surface area contributed by atoms with Gasteiger partial charge in [0.15, 0.2) is 11.5 Å². The lowest BCUT2D eigenvalue weighted by atomic mass is 10.2. The lowest BCUT2D eigenvalue weighted by Crippen LogP contribution is -2.15. The first kappa shape index (κ1) is 16.5. The smallest absolute Gasteiger partial charge is 0.214 e. The van der Waals surface area contributed by atoms with Crippen LogP contribution in [0.3, 0.4) is 0 Å². The fourth-order valence-corrected chi connectivity index (χ4v) is 3.73. The van der Waals surface area contributed by atoms with Gasteiger partial charge in [0.1, 0.15) is 13.2 Å². The quantitative estimate of drug-likeness (QED) is 0.622. The van der Waals surface area contributed by atoms with E-state index >= 15 is 0 Å². The van der Waals surface area contributed by atoms with Gasteiger partial charge in [0.05, 0.1) is 10.7 Å². The fraction of sp³-hybridized carbons (Fsp3) is 0.188. The van der Waals surface area contributed by atoms with E-state index in [9.17, 15) is 0 Å². The molecule has 4 rings (SSSR count). The van der Waals surface area contributed by atoms with E-state index in [2.05, 4.69) is 15.5 Å². The van der Waals surface area contributed by atoms with Crippen molar-refractivity contribution < 1.29 is 9.47 Å². The Morgan fingerprint density at radius 1 is 1.12 bits per heavy atom. The molecule has 0 bridgehead atoms. The van der Waals surface area contributed by atoms with Gasteiger partial charge in [0, 0.05) is 10.8 Å². The van der Waals surface area contributed by atoms with Gasteiger partial charge in [-0.3, -0.25) is 0 Å². The summed E-state index contributed by atoms with van der Waals surface area (Å²) in [6, 6.07) is 11.2. The minimum absolute atomic E-state index is 0.509.